The highest BCUT2D eigenvalue weighted by molar-refractivity contribution is 7.14. The molecule has 0 bridgehead atoms. The molecule has 0 radical (unpaired) electrons. The molecule has 0 aliphatic carbocycles. The monoisotopic (exact) mass is 403 g/mol. The zero-order chi connectivity index (χ0) is 19.3. The first-order valence-corrected chi connectivity index (χ1v) is 11.0. The van der Waals surface area contributed by atoms with E-state index in [1.54, 1.807) is 16.0 Å². The van der Waals surface area contributed by atoms with E-state index in [9.17, 15) is 4.79 Å². The van der Waals surface area contributed by atoms with Crippen LogP contribution in [0.1, 0.15) is 25.1 Å². The maximum absolute atomic E-state index is 12.4. The fourth-order valence-corrected chi connectivity index (χ4v) is 4.73. The van der Waals surface area contributed by atoms with Crippen LogP contribution >= 0.6 is 11.3 Å². The number of aromatic nitrogens is 3. The number of aryl methyl sites for hydroxylation is 2. The molecular weight excluding hydrogens is 374 g/mol. The number of thiophene rings is 1. The van der Waals surface area contributed by atoms with Gasteiger partial charge in [-0.2, -0.15) is 5.10 Å². The Morgan fingerprint density at radius 3 is 2.82 bits per heavy atom. The third-order valence-electron chi connectivity index (χ3n) is 5.47. The molecule has 152 valence electrons. The van der Waals surface area contributed by atoms with Crippen molar-refractivity contribution in [3.05, 3.63) is 33.8 Å². The summed E-state index contributed by atoms with van der Waals surface area (Å²) < 4.78 is 3.47. The van der Waals surface area contributed by atoms with E-state index in [0.717, 1.165) is 76.7 Å². The summed E-state index contributed by atoms with van der Waals surface area (Å²) in [6.07, 6.45) is 3.99. The molecule has 4 heterocycles. The van der Waals surface area contributed by atoms with Crippen molar-refractivity contribution in [3.63, 3.8) is 0 Å². The minimum absolute atomic E-state index is 0.0452. The number of piperazine rings is 1. The highest BCUT2D eigenvalue weighted by atomic mass is 32.1. The first-order chi connectivity index (χ1) is 13.8. The third kappa shape index (κ3) is 4.09. The fourth-order valence-electron chi connectivity index (χ4n) is 3.94. The SMILES string of the molecule is CN=C(NCCCn1nc2n(c1=O)CCCC2)N1CCN(c2cccs2)CC1. The van der Waals surface area contributed by atoms with E-state index in [2.05, 4.69) is 42.7 Å². The van der Waals surface area contributed by atoms with Gasteiger partial charge in [0.15, 0.2) is 5.96 Å². The second-order valence-corrected chi connectivity index (χ2v) is 8.21. The van der Waals surface area contributed by atoms with Crippen LogP contribution in [0.25, 0.3) is 0 Å². The van der Waals surface area contributed by atoms with Crippen LogP contribution in [0.3, 0.4) is 0 Å². The summed E-state index contributed by atoms with van der Waals surface area (Å²) in [6.45, 7) is 6.20. The fraction of sp³-hybridized carbons (Fsp3) is 0.632. The Labute approximate surface area is 169 Å². The lowest BCUT2D eigenvalue weighted by molar-refractivity contribution is 0.372. The van der Waals surface area contributed by atoms with Gasteiger partial charge in [-0.15, -0.1) is 11.3 Å². The lowest BCUT2D eigenvalue weighted by atomic mass is 10.2. The van der Waals surface area contributed by atoms with E-state index in [-0.39, 0.29) is 5.69 Å². The average molecular weight is 404 g/mol. The Balaban J connectivity index is 1.23. The van der Waals surface area contributed by atoms with Crippen LogP contribution in [0.15, 0.2) is 27.3 Å². The molecule has 2 aliphatic heterocycles. The molecule has 8 nitrogen and oxygen atoms in total. The van der Waals surface area contributed by atoms with Gasteiger partial charge in [0, 0.05) is 59.3 Å². The van der Waals surface area contributed by atoms with E-state index in [4.69, 9.17) is 0 Å². The lowest BCUT2D eigenvalue weighted by Crippen LogP contribution is -2.52. The molecule has 2 aromatic heterocycles. The van der Waals surface area contributed by atoms with E-state index in [1.165, 1.54) is 5.00 Å². The summed E-state index contributed by atoms with van der Waals surface area (Å²) in [6, 6.07) is 4.29. The molecular formula is C19H29N7OS. The van der Waals surface area contributed by atoms with Gasteiger partial charge in [0.05, 0.1) is 5.00 Å². The molecule has 0 spiro atoms. The summed E-state index contributed by atoms with van der Waals surface area (Å²) in [4.78, 5) is 21.6. The number of nitrogens with one attached hydrogen (secondary N) is 1. The van der Waals surface area contributed by atoms with Crippen molar-refractivity contribution in [1.82, 2.24) is 24.6 Å². The van der Waals surface area contributed by atoms with Crippen molar-refractivity contribution in [1.29, 1.82) is 0 Å². The van der Waals surface area contributed by atoms with Gasteiger partial charge in [-0.25, -0.2) is 9.48 Å². The number of nitrogens with zero attached hydrogens (tertiary/aromatic N) is 6. The zero-order valence-corrected chi connectivity index (χ0v) is 17.3. The lowest BCUT2D eigenvalue weighted by Gasteiger charge is -2.37. The van der Waals surface area contributed by atoms with Gasteiger partial charge in [0.2, 0.25) is 0 Å². The quantitative estimate of drug-likeness (QED) is 0.462. The molecule has 0 saturated carbocycles. The Morgan fingerprint density at radius 1 is 1.25 bits per heavy atom. The number of fused-ring (bicyclic) bond motifs is 1. The van der Waals surface area contributed by atoms with Crippen LogP contribution in [0.4, 0.5) is 5.00 Å². The van der Waals surface area contributed by atoms with Crippen molar-refractivity contribution in [2.75, 3.05) is 44.7 Å². The molecule has 28 heavy (non-hydrogen) atoms. The van der Waals surface area contributed by atoms with E-state index < -0.39 is 0 Å². The zero-order valence-electron chi connectivity index (χ0n) is 16.5. The molecule has 0 aromatic carbocycles. The summed E-state index contributed by atoms with van der Waals surface area (Å²) in [7, 11) is 1.84. The molecule has 1 saturated heterocycles. The number of hydrogen-bond acceptors (Lipinski definition) is 5. The van der Waals surface area contributed by atoms with Crippen LogP contribution < -0.4 is 15.9 Å². The molecule has 9 heteroatoms. The van der Waals surface area contributed by atoms with Crippen LogP contribution in [-0.4, -0.2) is 65.0 Å². The molecule has 2 aliphatic rings. The average Bonchev–Trinajstić information content (AvgIpc) is 3.38. The first-order valence-electron chi connectivity index (χ1n) is 10.2. The molecule has 0 atom stereocenters. The summed E-state index contributed by atoms with van der Waals surface area (Å²) >= 11 is 1.80. The molecule has 0 unspecified atom stereocenters. The van der Waals surface area contributed by atoms with Crippen molar-refractivity contribution in [2.45, 2.75) is 38.8 Å². The third-order valence-corrected chi connectivity index (χ3v) is 6.40. The number of aliphatic imine (C=N–C) groups is 1. The highest BCUT2D eigenvalue weighted by Gasteiger charge is 2.20. The molecule has 1 fully saturated rings. The number of rotatable bonds is 5. The molecule has 4 rings (SSSR count). The standard InChI is InChI=1S/C19H29N7OS/c1-20-18(24-13-11-23(12-14-24)17-7-4-15-28-17)21-8-5-10-26-19(27)25-9-3-2-6-16(25)22-26/h4,7,15H,2-3,5-6,8-14H2,1H3,(H,20,21). The minimum Gasteiger partial charge on any atom is -0.360 e. The van der Waals surface area contributed by atoms with Crippen LogP contribution in [0.5, 0.6) is 0 Å². The maximum Gasteiger partial charge on any atom is 0.345 e. The molecule has 2 aromatic rings. The van der Waals surface area contributed by atoms with Crippen molar-refractivity contribution >= 4 is 22.3 Å². The van der Waals surface area contributed by atoms with Gasteiger partial charge in [0.1, 0.15) is 5.82 Å². The first kappa shape index (κ1) is 19.0. The predicted octanol–water partition coefficient (Wildman–Crippen LogP) is 1.23. The normalized spacial score (nSPS) is 17.7. The summed E-state index contributed by atoms with van der Waals surface area (Å²) in [5.41, 5.74) is 0.0452. The number of hydrogen-bond donors (Lipinski definition) is 1. The Kier molecular flexibility index (Phi) is 5.99. The van der Waals surface area contributed by atoms with Gasteiger partial charge < -0.3 is 15.1 Å². The maximum atomic E-state index is 12.4. The Bertz CT molecular complexity index is 846. The van der Waals surface area contributed by atoms with Gasteiger partial charge in [-0.3, -0.25) is 9.56 Å². The topological polar surface area (TPSA) is 70.7 Å². The van der Waals surface area contributed by atoms with Crippen LogP contribution in [-0.2, 0) is 19.5 Å². The van der Waals surface area contributed by atoms with Crippen LogP contribution in [0.2, 0.25) is 0 Å². The van der Waals surface area contributed by atoms with E-state index >= 15 is 0 Å². The number of anilines is 1. The van der Waals surface area contributed by atoms with Crippen molar-refractivity contribution in [2.24, 2.45) is 4.99 Å². The van der Waals surface area contributed by atoms with Crippen molar-refractivity contribution < 1.29 is 0 Å². The summed E-state index contributed by atoms with van der Waals surface area (Å²) in [5, 5.41) is 11.4. The van der Waals surface area contributed by atoms with Crippen molar-refractivity contribution in [3.8, 4) is 0 Å². The second-order valence-electron chi connectivity index (χ2n) is 7.28. The minimum atomic E-state index is 0.0452. The largest absolute Gasteiger partial charge is 0.360 e. The van der Waals surface area contributed by atoms with Gasteiger partial charge in [-0.1, -0.05) is 0 Å². The van der Waals surface area contributed by atoms with Gasteiger partial charge in [-0.05, 0) is 36.8 Å². The highest BCUT2D eigenvalue weighted by Crippen LogP contribution is 2.22. The molecule has 1 N–H and O–H groups in total. The van der Waals surface area contributed by atoms with Gasteiger partial charge >= 0.3 is 5.69 Å². The number of guanidine groups is 1. The van der Waals surface area contributed by atoms with E-state index in [0.29, 0.717) is 6.54 Å². The van der Waals surface area contributed by atoms with Gasteiger partial charge in [0.25, 0.3) is 0 Å². The smallest absolute Gasteiger partial charge is 0.345 e. The molecule has 0 amide bonds. The predicted molar refractivity (Wildman–Crippen MR) is 114 cm³/mol. The Morgan fingerprint density at radius 2 is 2.11 bits per heavy atom. The van der Waals surface area contributed by atoms with Crippen LogP contribution in [0, 0.1) is 0 Å². The summed E-state index contributed by atoms with van der Waals surface area (Å²) in [5.74, 6) is 1.89. The van der Waals surface area contributed by atoms with E-state index in [1.807, 2.05) is 11.6 Å². The second kappa shape index (κ2) is 8.81. The Hall–Kier alpha value is -2.29.